The van der Waals surface area contributed by atoms with Gasteiger partial charge in [-0.3, -0.25) is 9.78 Å². The summed E-state index contributed by atoms with van der Waals surface area (Å²) >= 11 is 6.51. The van der Waals surface area contributed by atoms with Crippen LogP contribution in [0.15, 0.2) is 79.0 Å². The molecule has 7 nitrogen and oxygen atoms in total. The summed E-state index contributed by atoms with van der Waals surface area (Å²) < 4.78 is 11.6. The average Bonchev–Trinajstić information content (AvgIpc) is 2.90. The van der Waals surface area contributed by atoms with E-state index in [0.29, 0.717) is 63.3 Å². The number of nitrogens with one attached hydrogen (secondary N) is 2. The molecule has 0 saturated carbocycles. The number of nitrogens with zero attached hydrogens (tertiary/aromatic N) is 2. The summed E-state index contributed by atoms with van der Waals surface area (Å²) in [5, 5.41) is 17.0. The molecule has 0 aliphatic heterocycles. The number of halogens is 1. The molecule has 0 spiro atoms. The maximum Gasteiger partial charge on any atom is 0.248 e. The number of carbonyl (C=O) groups is 1. The molecule has 8 heteroatoms. The zero-order valence-electron chi connectivity index (χ0n) is 20.4. The van der Waals surface area contributed by atoms with Gasteiger partial charge in [-0.2, -0.15) is 5.26 Å². The molecule has 0 atom stereocenters. The number of amides is 1. The number of aromatic nitrogens is 1. The largest absolute Gasteiger partial charge is 0.492 e. The van der Waals surface area contributed by atoms with Gasteiger partial charge in [0.25, 0.3) is 0 Å². The minimum atomic E-state index is -0.292. The van der Waals surface area contributed by atoms with Gasteiger partial charge < -0.3 is 20.1 Å². The number of carbonyl (C=O) groups excluding carboxylic acids is 1. The molecule has 1 amide bonds. The Hall–Kier alpha value is -4.54. The summed E-state index contributed by atoms with van der Waals surface area (Å²) in [6.07, 6.45) is 4.57. The van der Waals surface area contributed by atoms with Crippen LogP contribution in [0.1, 0.15) is 25.0 Å². The highest BCUT2D eigenvalue weighted by Gasteiger charge is 2.16. The van der Waals surface area contributed by atoms with Crippen molar-refractivity contribution in [2.24, 2.45) is 0 Å². The fraction of sp³-hybridized carbons (Fsp3) is 0.138. The van der Waals surface area contributed by atoms with E-state index in [1.165, 1.54) is 12.3 Å². The molecule has 0 bridgehead atoms. The van der Waals surface area contributed by atoms with Crippen LogP contribution < -0.4 is 20.1 Å². The van der Waals surface area contributed by atoms with Crippen molar-refractivity contribution < 1.29 is 14.3 Å². The lowest BCUT2D eigenvalue weighted by molar-refractivity contribution is -0.111. The van der Waals surface area contributed by atoms with Crippen LogP contribution in [-0.2, 0) is 11.4 Å². The Morgan fingerprint density at radius 1 is 1.11 bits per heavy atom. The van der Waals surface area contributed by atoms with E-state index in [1.54, 1.807) is 37.3 Å². The summed E-state index contributed by atoms with van der Waals surface area (Å²) in [7, 11) is 0. The smallest absolute Gasteiger partial charge is 0.248 e. The maximum atomic E-state index is 12.3. The molecule has 0 aliphatic carbocycles. The second kappa shape index (κ2) is 11.9. The number of fused-ring (bicyclic) bond motifs is 1. The minimum Gasteiger partial charge on any atom is -0.492 e. The van der Waals surface area contributed by atoms with E-state index in [-0.39, 0.29) is 5.91 Å². The van der Waals surface area contributed by atoms with Gasteiger partial charge in [0.15, 0.2) is 0 Å². The van der Waals surface area contributed by atoms with E-state index >= 15 is 0 Å². The molecule has 0 radical (unpaired) electrons. The van der Waals surface area contributed by atoms with E-state index in [2.05, 4.69) is 21.7 Å². The number of hydrogen-bond acceptors (Lipinski definition) is 6. The molecule has 37 heavy (non-hydrogen) atoms. The molecule has 4 rings (SSSR count). The molecular formula is C29H25ClN4O3. The summed E-state index contributed by atoms with van der Waals surface area (Å²) in [6, 6.07) is 20.8. The third-order valence-electron chi connectivity index (χ3n) is 5.40. The number of benzene rings is 3. The van der Waals surface area contributed by atoms with Gasteiger partial charge in [-0.1, -0.05) is 48.0 Å². The Kier molecular flexibility index (Phi) is 8.24. The van der Waals surface area contributed by atoms with Gasteiger partial charge >= 0.3 is 0 Å². The van der Waals surface area contributed by atoms with Gasteiger partial charge in [0.05, 0.1) is 34.1 Å². The third-order valence-corrected chi connectivity index (χ3v) is 5.70. The predicted molar refractivity (Wildman–Crippen MR) is 147 cm³/mol. The van der Waals surface area contributed by atoms with Gasteiger partial charge in [0, 0.05) is 23.3 Å². The summed E-state index contributed by atoms with van der Waals surface area (Å²) in [4.78, 5) is 16.7. The lowest BCUT2D eigenvalue weighted by Crippen LogP contribution is -2.10. The molecule has 4 aromatic rings. The first kappa shape index (κ1) is 25.5. The van der Waals surface area contributed by atoms with Crippen molar-refractivity contribution in [3.63, 3.8) is 0 Å². The molecular weight excluding hydrogens is 488 g/mol. The van der Waals surface area contributed by atoms with Crippen molar-refractivity contribution >= 4 is 45.5 Å². The molecule has 2 N–H and O–H groups in total. The number of anilines is 3. The molecule has 0 aliphatic rings. The van der Waals surface area contributed by atoms with Crippen LogP contribution in [0.25, 0.3) is 10.9 Å². The lowest BCUT2D eigenvalue weighted by atomic mass is 10.1. The second-order valence-corrected chi connectivity index (χ2v) is 8.40. The fourth-order valence-electron chi connectivity index (χ4n) is 3.71. The fourth-order valence-corrected chi connectivity index (χ4v) is 3.95. The standard InChI is InChI=1S/C29H25ClN4O3/c1-3-8-28(35)34-25-14-22-24(15-27(25)36-4-2)32-17-20(16-31)29(22)33-21-11-12-26(23(30)13-21)37-18-19-9-6-5-7-10-19/h3,5-15,17H,4,18H2,1-2H3,(H,32,33)(H,34,35)/b8-3+. The van der Waals surface area contributed by atoms with E-state index in [1.807, 2.05) is 43.3 Å². The normalized spacial score (nSPS) is 10.8. The van der Waals surface area contributed by atoms with Crippen LogP contribution >= 0.6 is 11.6 Å². The second-order valence-electron chi connectivity index (χ2n) is 7.99. The van der Waals surface area contributed by atoms with Gasteiger partial charge in [-0.25, -0.2) is 0 Å². The zero-order chi connectivity index (χ0) is 26.2. The number of pyridine rings is 1. The highest BCUT2D eigenvalue weighted by molar-refractivity contribution is 6.32. The number of ether oxygens (including phenoxy) is 2. The Morgan fingerprint density at radius 2 is 1.92 bits per heavy atom. The Labute approximate surface area is 220 Å². The molecule has 1 aromatic heterocycles. The predicted octanol–water partition coefficient (Wildman–Crippen LogP) is 7.00. The highest BCUT2D eigenvalue weighted by Crippen LogP contribution is 2.37. The Bertz CT molecular complexity index is 1500. The topological polar surface area (TPSA) is 96.3 Å². The molecule has 0 saturated heterocycles. The first-order valence-corrected chi connectivity index (χ1v) is 12.1. The Balaban J connectivity index is 1.68. The SMILES string of the molecule is C/C=C/C(=O)Nc1cc2c(Nc3ccc(OCc4ccccc4)c(Cl)c3)c(C#N)cnc2cc1OCC. The van der Waals surface area contributed by atoms with Crippen LogP contribution in [0.3, 0.4) is 0 Å². The number of hydrogen-bond donors (Lipinski definition) is 2. The molecule has 1 heterocycles. The van der Waals surface area contributed by atoms with E-state index in [9.17, 15) is 10.1 Å². The van der Waals surface area contributed by atoms with Gasteiger partial charge in [0.1, 0.15) is 24.2 Å². The highest BCUT2D eigenvalue weighted by atomic mass is 35.5. The number of nitriles is 1. The van der Waals surface area contributed by atoms with Crippen LogP contribution in [0.5, 0.6) is 11.5 Å². The molecule has 0 unspecified atom stereocenters. The van der Waals surface area contributed by atoms with Gasteiger partial charge in [0.2, 0.25) is 5.91 Å². The summed E-state index contributed by atoms with van der Waals surface area (Å²) in [5.41, 5.74) is 3.64. The van der Waals surface area contributed by atoms with E-state index in [0.717, 1.165) is 5.56 Å². The zero-order valence-corrected chi connectivity index (χ0v) is 21.2. The molecule has 0 fully saturated rings. The first-order valence-electron chi connectivity index (χ1n) is 11.7. The lowest BCUT2D eigenvalue weighted by Gasteiger charge is -2.16. The quantitative estimate of drug-likeness (QED) is 0.234. The van der Waals surface area contributed by atoms with Crippen molar-refractivity contribution in [3.8, 4) is 17.6 Å². The molecule has 3 aromatic carbocycles. The van der Waals surface area contributed by atoms with Gasteiger partial charge in [-0.05, 0) is 49.8 Å². The van der Waals surface area contributed by atoms with Crippen LogP contribution in [0.2, 0.25) is 5.02 Å². The Morgan fingerprint density at radius 3 is 2.62 bits per heavy atom. The summed E-state index contributed by atoms with van der Waals surface area (Å²) in [5.74, 6) is 0.741. The van der Waals surface area contributed by atoms with Crippen molar-refractivity contribution in [3.05, 3.63) is 95.2 Å². The van der Waals surface area contributed by atoms with Crippen LogP contribution in [0, 0.1) is 11.3 Å². The van der Waals surface area contributed by atoms with Crippen LogP contribution in [0.4, 0.5) is 17.1 Å². The van der Waals surface area contributed by atoms with Crippen molar-refractivity contribution in [1.82, 2.24) is 4.98 Å². The van der Waals surface area contributed by atoms with Crippen molar-refractivity contribution in [2.45, 2.75) is 20.5 Å². The monoisotopic (exact) mass is 512 g/mol. The average molecular weight is 513 g/mol. The maximum absolute atomic E-state index is 12.3. The van der Waals surface area contributed by atoms with Crippen molar-refractivity contribution in [1.29, 1.82) is 5.26 Å². The van der Waals surface area contributed by atoms with E-state index < -0.39 is 0 Å². The van der Waals surface area contributed by atoms with E-state index in [4.69, 9.17) is 21.1 Å². The molecule has 186 valence electrons. The van der Waals surface area contributed by atoms with Crippen molar-refractivity contribution in [2.75, 3.05) is 17.2 Å². The number of allylic oxidation sites excluding steroid dienone is 1. The minimum absolute atomic E-state index is 0.292. The summed E-state index contributed by atoms with van der Waals surface area (Å²) in [6.45, 7) is 4.43. The van der Waals surface area contributed by atoms with Crippen LogP contribution in [-0.4, -0.2) is 17.5 Å². The first-order chi connectivity index (χ1) is 18.0. The van der Waals surface area contributed by atoms with Gasteiger partial charge in [-0.15, -0.1) is 0 Å². The third kappa shape index (κ3) is 6.18. The number of rotatable bonds is 9.